The summed E-state index contributed by atoms with van der Waals surface area (Å²) < 4.78 is 18.5. The van der Waals surface area contributed by atoms with E-state index >= 15 is 0 Å². The molecule has 4 aromatic heterocycles. The lowest BCUT2D eigenvalue weighted by molar-refractivity contribution is 0.669. The highest BCUT2D eigenvalue weighted by Gasteiger charge is 2.16. The van der Waals surface area contributed by atoms with Gasteiger partial charge >= 0.3 is 0 Å². The van der Waals surface area contributed by atoms with Crippen LogP contribution in [0.2, 0.25) is 0 Å². The van der Waals surface area contributed by atoms with Gasteiger partial charge in [-0.05, 0) is 116 Å². The van der Waals surface area contributed by atoms with Crippen molar-refractivity contribution >= 4 is 118 Å². The van der Waals surface area contributed by atoms with E-state index in [1.165, 1.54) is 62.6 Å². The van der Waals surface area contributed by atoms with Crippen molar-refractivity contribution in [1.29, 1.82) is 0 Å². The van der Waals surface area contributed by atoms with Gasteiger partial charge in [0.15, 0.2) is 0 Å². The van der Waals surface area contributed by atoms with E-state index in [9.17, 15) is 0 Å². The summed E-state index contributed by atoms with van der Waals surface area (Å²) in [6, 6.07) is 70.6. The summed E-state index contributed by atoms with van der Waals surface area (Å²) in [5, 5.41) is 12.0. The molecule has 0 amide bonds. The van der Waals surface area contributed by atoms with E-state index in [4.69, 9.17) is 8.83 Å². The molecule has 4 heteroatoms. The first-order chi connectivity index (χ1) is 30.7. The summed E-state index contributed by atoms with van der Waals surface area (Å²) in [6.07, 6.45) is 0. The Labute approximate surface area is 363 Å². The van der Waals surface area contributed by atoms with Gasteiger partial charge in [-0.25, -0.2) is 0 Å². The van der Waals surface area contributed by atoms with Gasteiger partial charge in [-0.3, -0.25) is 0 Å². The molecular weight excluding hydrogens is 793 g/mol. The van der Waals surface area contributed by atoms with Crippen molar-refractivity contribution in [3.8, 4) is 44.5 Å². The predicted molar refractivity (Wildman–Crippen MR) is 266 cm³/mol. The van der Waals surface area contributed by atoms with Crippen LogP contribution in [0.25, 0.3) is 140 Å². The van der Waals surface area contributed by atoms with E-state index in [0.717, 1.165) is 76.9 Å². The van der Waals surface area contributed by atoms with Crippen LogP contribution in [-0.4, -0.2) is 0 Å². The zero-order valence-electron chi connectivity index (χ0n) is 33.1. The van der Waals surface area contributed by atoms with Crippen LogP contribution in [0.4, 0.5) is 0 Å². The summed E-state index contributed by atoms with van der Waals surface area (Å²) in [4.78, 5) is 0. The van der Waals surface area contributed by atoms with Crippen molar-refractivity contribution in [3.63, 3.8) is 0 Å². The second-order valence-electron chi connectivity index (χ2n) is 16.4. The minimum Gasteiger partial charge on any atom is -0.456 e. The number of rotatable bonds is 4. The van der Waals surface area contributed by atoms with Crippen molar-refractivity contribution in [1.82, 2.24) is 0 Å². The van der Waals surface area contributed by atoms with E-state index in [1.54, 1.807) is 0 Å². The Balaban J connectivity index is 0.776. The first-order valence-corrected chi connectivity index (χ1v) is 22.6. The van der Waals surface area contributed by atoms with Crippen molar-refractivity contribution in [2.24, 2.45) is 0 Å². The fraction of sp³-hybridized carbons (Fsp3) is 0. The molecule has 0 N–H and O–H groups in total. The van der Waals surface area contributed by atoms with Crippen LogP contribution in [0.3, 0.4) is 0 Å². The van der Waals surface area contributed by atoms with Crippen LogP contribution in [0, 0.1) is 0 Å². The van der Waals surface area contributed by atoms with Gasteiger partial charge < -0.3 is 8.83 Å². The topological polar surface area (TPSA) is 26.3 Å². The SMILES string of the molecule is c1ccc2c(c1)sc1c(-c3ccc(-c4ccc5c(c4)oc4cc6cc7oc8cc(-c9ccc(-c%10cccc%11c%10sc%10ccccc%10%11)cc9)ccc8c7cc6cc45)cc3)cccc12. The molecule has 10 aromatic carbocycles. The van der Waals surface area contributed by atoms with E-state index in [2.05, 4.69) is 194 Å². The van der Waals surface area contributed by atoms with Crippen molar-refractivity contribution < 1.29 is 8.83 Å². The first-order valence-electron chi connectivity index (χ1n) is 21.0. The van der Waals surface area contributed by atoms with Gasteiger partial charge in [0.2, 0.25) is 0 Å². The molecule has 0 saturated heterocycles. The maximum absolute atomic E-state index is 6.57. The molecule has 0 aliphatic carbocycles. The van der Waals surface area contributed by atoms with Crippen molar-refractivity contribution in [3.05, 3.63) is 194 Å². The average Bonchev–Trinajstić information content (AvgIpc) is 4.09. The van der Waals surface area contributed by atoms with E-state index in [-0.39, 0.29) is 0 Å². The highest BCUT2D eigenvalue weighted by atomic mass is 32.1. The van der Waals surface area contributed by atoms with Gasteiger partial charge in [-0.2, -0.15) is 0 Å². The van der Waals surface area contributed by atoms with Gasteiger partial charge in [0.25, 0.3) is 0 Å². The fourth-order valence-electron chi connectivity index (χ4n) is 9.79. The quantitative estimate of drug-likeness (QED) is 0.177. The summed E-state index contributed by atoms with van der Waals surface area (Å²) in [7, 11) is 0. The number of hydrogen-bond donors (Lipinski definition) is 0. The lowest BCUT2D eigenvalue weighted by Gasteiger charge is -2.07. The van der Waals surface area contributed by atoms with Gasteiger partial charge in [0.1, 0.15) is 22.3 Å². The minimum atomic E-state index is 0.876. The molecule has 0 aliphatic heterocycles. The summed E-state index contributed by atoms with van der Waals surface area (Å²) in [5.41, 5.74) is 13.1. The maximum atomic E-state index is 6.57. The van der Waals surface area contributed by atoms with Crippen molar-refractivity contribution in [2.45, 2.75) is 0 Å². The second kappa shape index (κ2) is 13.0. The molecule has 0 aliphatic rings. The second-order valence-corrected chi connectivity index (χ2v) is 18.5. The number of furan rings is 2. The average molecular weight is 825 g/mol. The molecule has 288 valence electrons. The molecule has 4 heterocycles. The van der Waals surface area contributed by atoms with Gasteiger partial charge in [-0.15, -0.1) is 22.7 Å². The normalized spacial score (nSPS) is 12.2. The number of hydrogen-bond acceptors (Lipinski definition) is 4. The zero-order valence-corrected chi connectivity index (χ0v) is 34.7. The van der Waals surface area contributed by atoms with Gasteiger partial charge in [0.05, 0.1) is 0 Å². The standard InChI is InChI=1S/C58H32O2S2/c1-3-13-55-45(7-1)47-11-5-9-41(57(47)61-55)35-19-15-33(16-20-35)37-23-25-43-49-27-39-28-50-44-26-24-38(30-52(44)60-54(50)32-40(39)31-53(49)59-51(43)29-37)34-17-21-36(22-18-34)42-10-6-12-48-46-8-2-4-14-56(46)62-58(42)48/h1-32H. The van der Waals surface area contributed by atoms with E-state index in [0.29, 0.717) is 0 Å². The lowest BCUT2D eigenvalue weighted by Crippen LogP contribution is -1.81. The van der Waals surface area contributed by atoms with E-state index in [1.807, 2.05) is 22.7 Å². The fourth-order valence-corrected chi connectivity index (χ4v) is 12.3. The Morgan fingerprint density at radius 3 is 1.13 bits per heavy atom. The Bertz CT molecular complexity index is 3870. The lowest BCUT2D eigenvalue weighted by atomic mass is 9.98. The smallest absolute Gasteiger partial charge is 0.136 e. The van der Waals surface area contributed by atoms with Crippen molar-refractivity contribution in [2.75, 3.05) is 0 Å². The predicted octanol–water partition coefficient (Wildman–Crippen LogP) is 18.0. The monoisotopic (exact) mass is 824 g/mol. The molecule has 0 atom stereocenters. The third-order valence-electron chi connectivity index (χ3n) is 12.9. The minimum absolute atomic E-state index is 0.876. The third-order valence-corrected chi connectivity index (χ3v) is 15.3. The molecule has 2 nitrogen and oxygen atoms in total. The molecule has 0 spiro atoms. The highest BCUT2D eigenvalue weighted by molar-refractivity contribution is 7.26. The Hall–Kier alpha value is -7.50. The number of benzene rings is 10. The van der Waals surface area contributed by atoms with Crippen LogP contribution >= 0.6 is 22.7 Å². The molecule has 0 saturated carbocycles. The summed E-state index contributed by atoms with van der Waals surface area (Å²) in [5.74, 6) is 0. The largest absolute Gasteiger partial charge is 0.456 e. The molecule has 62 heavy (non-hydrogen) atoms. The van der Waals surface area contributed by atoms with Crippen LogP contribution < -0.4 is 0 Å². The van der Waals surface area contributed by atoms with E-state index < -0.39 is 0 Å². The summed E-state index contributed by atoms with van der Waals surface area (Å²) >= 11 is 3.74. The molecule has 0 fully saturated rings. The summed E-state index contributed by atoms with van der Waals surface area (Å²) in [6.45, 7) is 0. The first kappa shape index (κ1) is 34.2. The highest BCUT2D eigenvalue weighted by Crippen LogP contribution is 2.43. The van der Waals surface area contributed by atoms with Crippen LogP contribution in [-0.2, 0) is 0 Å². The molecule has 0 radical (unpaired) electrons. The number of thiophene rings is 2. The zero-order chi connectivity index (χ0) is 40.5. The van der Waals surface area contributed by atoms with Gasteiger partial charge in [0, 0.05) is 61.9 Å². The van der Waals surface area contributed by atoms with Crippen LogP contribution in [0.15, 0.2) is 203 Å². The van der Waals surface area contributed by atoms with Gasteiger partial charge in [-0.1, -0.05) is 133 Å². The Kier molecular flexibility index (Phi) is 7.18. The Morgan fingerprint density at radius 2 is 0.645 bits per heavy atom. The molecule has 0 unspecified atom stereocenters. The molecule has 14 aromatic rings. The molecular formula is C58H32O2S2. The van der Waals surface area contributed by atoms with Crippen LogP contribution in [0.1, 0.15) is 0 Å². The third kappa shape index (κ3) is 5.15. The molecule has 14 rings (SSSR count). The maximum Gasteiger partial charge on any atom is 0.136 e. The number of fused-ring (bicyclic) bond motifs is 13. The Morgan fingerprint density at radius 1 is 0.258 bits per heavy atom. The molecule has 0 bridgehead atoms. The van der Waals surface area contributed by atoms with Crippen LogP contribution in [0.5, 0.6) is 0 Å².